The first-order valence-electron chi connectivity index (χ1n) is 4.40. The van der Waals surface area contributed by atoms with Gasteiger partial charge in [0.2, 0.25) is 7.37 Å². The summed E-state index contributed by atoms with van der Waals surface area (Å²) in [6, 6.07) is 0. The van der Waals surface area contributed by atoms with Crippen LogP contribution in [0.4, 0.5) is 0 Å². The second kappa shape index (κ2) is 6.29. The van der Waals surface area contributed by atoms with Crippen LogP contribution >= 0.6 is 30.6 Å². The predicted octanol–water partition coefficient (Wildman–Crippen LogP) is 3.56. The summed E-state index contributed by atoms with van der Waals surface area (Å²) in [5.41, 5.74) is 0. The molecule has 0 aromatic carbocycles. The Morgan fingerprint density at radius 3 is 2.15 bits per heavy atom. The predicted molar refractivity (Wildman–Crippen MR) is 59.6 cm³/mol. The molecule has 0 rings (SSSR count). The highest BCUT2D eigenvalue weighted by molar-refractivity contribution is 7.59. The summed E-state index contributed by atoms with van der Waals surface area (Å²) in [5.74, 6) is 0. The Labute approximate surface area is 90.4 Å². The molecule has 5 heteroatoms. The SMILES string of the molecule is CCP(=O)(CC(C)Cl)OCC(C)Cl. The minimum atomic E-state index is -2.53. The molecule has 0 fully saturated rings. The van der Waals surface area contributed by atoms with Gasteiger partial charge in [-0.2, -0.15) is 0 Å². The van der Waals surface area contributed by atoms with Crippen LogP contribution < -0.4 is 0 Å². The van der Waals surface area contributed by atoms with Gasteiger partial charge in [0, 0.05) is 17.7 Å². The minimum absolute atomic E-state index is 0.106. The van der Waals surface area contributed by atoms with Crippen molar-refractivity contribution in [2.75, 3.05) is 18.9 Å². The van der Waals surface area contributed by atoms with Crippen LogP contribution in [0.15, 0.2) is 0 Å². The fraction of sp³-hybridized carbons (Fsp3) is 1.00. The zero-order valence-electron chi connectivity index (χ0n) is 8.30. The van der Waals surface area contributed by atoms with E-state index in [1.54, 1.807) is 0 Å². The molecule has 0 aliphatic heterocycles. The van der Waals surface area contributed by atoms with Gasteiger partial charge in [0.25, 0.3) is 0 Å². The van der Waals surface area contributed by atoms with E-state index in [0.29, 0.717) is 18.9 Å². The van der Waals surface area contributed by atoms with Gasteiger partial charge >= 0.3 is 0 Å². The van der Waals surface area contributed by atoms with Crippen molar-refractivity contribution in [1.82, 2.24) is 0 Å². The summed E-state index contributed by atoms with van der Waals surface area (Å²) < 4.78 is 17.2. The van der Waals surface area contributed by atoms with Crippen LogP contribution in [0.1, 0.15) is 20.8 Å². The highest BCUT2D eigenvalue weighted by atomic mass is 35.5. The molecule has 0 aliphatic rings. The van der Waals surface area contributed by atoms with Crippen LogP contribution in [0.2, 0.25) is 0 Å². The van der Waals surface area contributed by atoms with Crippen LogP contribution in [-0.2, 0) is 9.09 Å². The molecule has 3 unspecified atom stereocenters. The zero-order chi connectivity index (χ0) is 10.5. The highest BCUT2D eigenvalue weighted by Crippen LogP contribution is 2.47. The molecule has 0 N–H and O–H groups in total. The van der Waals surface area contributed by atoms with E-state index in [1.165, 1.54) is 0 Å². The van der Waals surface area contributed by atoms with Gasteiger partial charge in [0.1, 0.15) is 0 Å². The fourth-order valence-corrected chi connectivity index (χ4v) is 3.48. The first kappa shape index (κ1) is 13.8. The first-order valence-corrected chi connectivity index (χ1v) is 7.27. The number of hydrogen-bond acceptors (Lipinski definition) is 2. The molecule has 0 heterocycles. The van der Waals surface area contributed by atoms with Gasteiger partial charge in [-0.3, -0.25) is 4.57 Å². The molecule has 3 atom stereocenters. The molecule has 2 nitrogen and oxygen atoms in total. The molecule has 0 aromatic rings. The van der Waals surface area contributed by atoms with Crippen molar-refractivity contribution in [2.24, 2.45) is 0 Å². The maximum absolute atomic E-state index is 11.9. The van der Waals surface area contributed by atoms with Crippen LogP contribution in [0.3, 0.4) is 0 Å². The Morgan fingerprint density at radius 2 is 1.85 bits per heavy atom. The Hall–Kier alpha value is 0.770. The Bertz CT molecular complexity index is 183. The van der Waals surface area contributed by atoms with Crippen molar-refractivity contribution >= 4 is 30.6 Å². The van der Waals surface area contributed by atoms with E-state index in [0.717, 1.165) is 0 Å². The first-order chi connectivity index (χ1) is 5.89. The Balaban J connectivity index is 4.05. The summed E-state index contributed by atoms with van der Waals surface area (Å²) in [4.78, 5) is 0. The summed E-state index contributed by atoms with van der Waals surface area (Å²) >= 11 is 11.5. The standard InChI is InChI=1S/C8H17Cl2O2P/c1-4-13(11,6-8(3)10)12-5-7(2)9/h7-8H,4-6H2,1-3H3. The lowest BCUT2D eigenvalue weighted by Crippen LogP contribution is -2.10. The number of rotatable bonds is 6. The molecular weight excluding hydrogens is 230 g/mol. The molecule has 0 saturated heterocycles. The molecule has 0 amide bonds. The van der Waals surface area contributed by atoms with Gasteiger partial charge in [-0.1, -0.05) is 6.92 Å². The molecule has 13 heavy (non-hydrogen) atoms. The normalized spacial score (nSPS) is 20.7. The van der Waals surface area contributed by atoms with Crippen molar-refractivity contribution < 1.29 is 9.09 Å². The molecule has 0 aromatic heterocycles. The molecule has 0 saturated carbocycles. The van der Waals surface area contributed by atoms with Gasteiger partial charge < -0.3 is 4.52 Å². The van der Waals surface area contributed by atoms with Crippen molar-refractivity contribution in [2.45, 2.75) is 31.5 Å². The topological polar surface area (TPSA) is 26.3 Å². The van der Waals surface area contributed by atoms with Crippen molar-refractivity contribution in [3.63, 3.8) is 0 Å². The summed E-state index contributed by atoms with van der Waals surface area (Å²) in [6.07, 6.45) is 0.947. The lowest BCUT2D eigenvalue weighted by Gasteiger charge is -2.18. The number of alkyl halides is 2. The molecule has 0 bridgehead atoms. The van der Waals surface area contributed by atoms with Crippen LogP contribution in [-0.4, -0.2) is 29.7 Å². The maximum Gasteiger partial charge on any atom is 0.204 e. The van der Waals surface area contributed by atoms with Crippen molar-refractivity contribution in [3.05, 3.63) is 0 Å². The van der Waals surface area contributed by atoms with Crippen LogP contribution in [0.5, 0.6) is 0 Å². The third kappa shape index (κ3) is 6.79. The van der Waals surface area contributed by atoms with E-state index in [4.69, 9.17) is 27.7 Å². The lowest BCUT2D eigenvalue weighted by molar-refractivity contribution is 0.316. The molecule has 0 radical (unpaired) electrons. The number of halogens is 2. The van der Waals surface area contributed by atoms with E-state index in [2.05, 4.69) is 0 Å². The molecular formula is C8H17Cl2O2P. The van der Waals surface area contributed by atoms with Crippen LogP contribution in [0.25, 0.3) is 0 Å². The third-order valence-corrected chi connectivity index (χ3v) is 4.73. The zero-order valence-corrected chi connectivity index (χ0v) is 10.7. The highest BCUT2D eigenvalue weighted by Gasteiger charge is 2.23. The van der Waals surface area contributed by atoms with Gasteiger partial charge in [-0.25, -0.2) is 0 Å². The van der Waals surface area contributed by atoms with E-state index < -0.39 is 7.37 Å². The molecule has 0 aliphatic carbocycles. The minimum Gasteiger partial charge on any atom is -0.327 e. The number of hydrogen-bond donors (Lipinski definition) is 0. The Kier molecular flexibility index (Phi) is 6.66. The summed E-state index contributed by atoms with van der Waals surface area (Å²) in [5, 5.41) is -0.220. The van der Waals surface area contributed by atoms with Crippen LogP contribution in [0, 0.1) is 0 Å². The monoisotopic (exact) mass is 246 g/mol. The van der Waals surface area contributed by atoms with E-state index in [-0.39, 0.29) is 10.8 Å². The smallest absolute Gasteiger partial charge is 0.204 e. The van der Waals surface area contributed by atoms with Gasteiger partial charge in [0.05, 0.1) is 12.0 Å². The molecule has 0 spiro atoms. The largest absolute Gasteiger partial charge is 0.327 e. The average Bonchev–Trinajstić information content (AvgIpc) is 2.00. The van der Waals surface area contributed by atoms with E-state index in [9.17, 15) is 4.57 Å². The van der Waals surface area contributed by atoms with Gasteiger partial charge in [-0.05, 0) is 13.8 Å². The quantitative estimate of drug-likeness (QED) is 0.530. The van der Waals surface area contributed by atoms with E-state index in [1.807, 2.05) is 20.8 Å². The second-order valence-electron chi connectivity index (χ2n) is 3.17. The fourth-order valence-electron chi connectivity index (χ4n) is 0.895. The van der Waals surface area contributed by atoms with E-state index >= 15 is 0 Å². The van der Waals surface area contributed by atoms with Gasteiger partial charge in [-0.15, -0.1) is 23.2 Å². The lowest BCUT2D eigenvalue weighted by atomic mass is 10.5. The summed E-state index contributed by atoms with van der Waals surface area (Å²) in [7, 11) is -2.53. The molecule has 80 valence electrons. The third-order valence-electron chi connectivity index (χ3n) is 1.55. The average molecular weight is 247 g/mol. The van der Waals surface area contributed by atoms with Crippen molar-refractivity contribution in [3.8, 4) is 0 Å². The summed E-state index contributed by atoms with van der Waals surface area (Å²) in [6.45, 7) is 5.80. The second-order valence-corrected chi connectivity index (χ2v) is 7.55. The maximum atomic E-state index is 11.9. The van der Waals surface area contributed by atoms with Gasteiger partial charge in [0.15, 0.2) is 0 Å². The van der Waals surface area contributed by atoms with Crippen molar-refractivity contribution in [1.29, 1.82) is 0 Å². The Morgan fingerprint density at radius 1 is 1.31 bits per heavy atom.